The molecule has 0 saturated carbocycles. The average Bonchev–Trinajstić information content (AvgIpc) is 2.84. The number of piperazine rings is 1. The fraction of sp³-hybridized carbons (Fsp3) is 0.462. The summed E-state index contributed by atoms with van der Waals surface area (Å²) in [5, 5.41) is 0. The van der Waals surface area contributed by atoms with E-state index < -0.39 is 0 Å². The smallest absolute Gasteiger partial charge is 0.227 e. The molecular weight excluding hydrogens is 402 g/mol. The molecule has 0 bridgehead atoms. The van der Waals surface area contributed by atoms with Gasteiger partial charge in [-0.25, -0.2) is 0 Å². The number of nitrogens with zero attached hydrogens (tertiary/aromatic N) is 3. The summed E-state index contributed by atoms with van der Waals surface area (Å²) < 4.78 is 5.53. The molecule has 2 fully saturated rings. The van der Waals surface area contributed by atoms with Crippen LogP contribution in [0.2, 0.25) is 0 Å². The van der Waals surface area contributed by atoms with Crippen molar-refractivity contribution in [1.82, 2.24) is 14.7 Å². The molecule has 4 rings (SSSR count). The van der Waals surface area contributed by atoms with Crippen LogP contribution in [0.5, 0.6) is 5.75 Å². The zero-order valence-electron chi connectivity index (χ0n) is 19.1. The van der Waals surface area contributed by atoms with E-state index in [-0.39, 0.29) is 17.7 Å². The molecule has 0 spiro atoms. The highest BCUT2D eigenvalue weighted by atomic mass is 16.5. The normalized spacial score (nSPS) is 19.6. The van der Waals surface area contributed by atoms with Crippen LogP contribution >= 0.6 is 0 Å². The van der Waals surface area contributed by atoms with Crippen molar-refractivity contribution < 1.29 is 14.3 Å². The molecule has 170 valence electrons. The van der Waals surface area contributed by atoms with Crippen molar-refractivity contribution in [3.05, 3.63) is 54.1 Å². The second-order valence-corrected chi connectivity index (χ2v) is 8.81. The number of ether oxygens (including phenoxy) is 1. The Hall–Kier alpha value is -2.86. The van der Waals surface area contributed by atoms with Gasteiger partial charge in [0.05, 0.1) is 13.0 Å². The van der Waals surface area contributed by atoms with Gasteiger partial charge in [-0.3, -0.25) is 14.5 Å². The van der Waals surface area contributed by atoms with Gasteiger partial charge in [0.1, 0.15) is 5.75 Å². The topological polar surface area (TPSA) is 53.1 Å². The first-order valence-electron chi connectivity index (χ1n) is 11.5. The Morgan fingerprint density at radius 3 is 2.47 bits per heavy atom. The molecule has 0 aliphatic carbocycles. The van der Waals surface area contributed by atoms with Gasteiger partial charge >= 0.3 is 0 Å². The molecular formula is C26H33N3O3. The van der Waals surface area contributed by atoms with E-state index >= 15 is 0 Å². The highest BCUT2D eigenvalue weighted by molar-refractivity contribution is 5.80. The molecule has 0 radical (unpaired) electrons. The number of para-hydroxylation sites is 1. The van der Waals surface area contributed by atoms with Gasteiger partial charge in [-0.05, 0) is 42.6 Å². The zero-order valence-corrected chi connectivity index (χ0v) is 19.1. The first-order valence-corrected chi connectivity index (χ1v) is 11.5. The highest BCUT2D eigenvalue weighted by Crippen LogP contribution is 2.30. The van der Waals surface area contributed by atoms with Crippen LogP contribution in [0.15, 0.2) is 48.5 Å². The predicted molar refractivity (Wildman–Crippen MR) is 125 cm³/mol. The molecule has 2 aliphatic rings. The summed E-state index contributed by atoms with van der Waals surface area (Å²) >= 11 is 0. The van der Waals surface area contributed by atoms with Crippen LogP contribution in [-0.4, -0.2) is 72.9 Å². The molecule has 32 heavy (non-hydrogen) atoms. The third-order valence-corrected chi connectivity index (χ3v) is 6.64. The molecule has 1 atom stereocenters. The number of rotatable bonds is 5. The monoisotopic (exact) mass is 435 g/mol. The lowest BCUT2D eigenvalue weighted by Gasteiger charge is -2.38. The highest BCUT2D eigenvalue weighted by Gasteiger charge is 2.31. The van der Waals surface area contributed by atoms with Crippen molar-refractivity contribution in [2.45, 2.75) is 26.3 Å². The Morgan fingerprint density at radius 1 is 0.969 bits per heavy atom. The number of likely N-dealkylation sites (tertiary alicyclic amines) is 1. The Bertz CT molecular complexity index is 953. The number of methoxy groups -OCH3 is 1. The van der Waals surface area contributed by atoms with Crippen LogP contribution in [-0.2, 0) is 16.1 Å². The molecule has 2 amide bonds. The van der Waals surface area contributed by atoms with E-state index in [1.165, 1.54) is 5.56 Å². The van der Waals surface area contributed by atoms with E-state index in [0.29, 0.717) is 26.2 Å². The third-order valence-electron chi connectivity index (χ3n) is 6.64. The van der Waals surface area contributed by atoms with Gasteiger partial charge < -0.3 is 14.5 Å². The van der Waals surface area contributed by atoms with Crippen molar-refractivity contribution in [3.8, 4) is 16.9 Å². The maximum atomic E-state index is 13.1. The number of piperidine rings is 1. The standard InChI is InChI=1S/C26H33N3O3/c1-20(30)28-13-15-29(16-14-28)26(31)23-9-6-12-27(19-23)18-21-7-5-8-22(17-21)24-10-3-4-11-25(24)32-2/h3-5,7-8,10-11,17,23H,6,9,12-16,18-19H2,1-2H3. The van der Waals surface area contributed by atoms with Crippen LogP contribution in [0, 0.1) is 5.92 Å². The second kappa shape index (κ2) is 10.2. The number of carbonyl (C=O) groups is 2. The van der Waals surface area contributed by atoms with Gasteiger partial charge in [0.25, 0.3) is 0 Å². The fourth-order valence-electron chi connectivity index (χ4n) is 4.88. The SMILES string of the molecule is COc1ccccc1-c1cccc(CN2CCCC(C(=O)N3CCN(C(C)=O)CC3)C2)c1. The minimum atomic E-state index is 0.0463. The van der Waals surface area contributed by atoms with E-state index in [2.05, 4.69) is 35.2 Å². The summed E-state index contributed by atoms with van der Waals surface area (Å²) in [6.45, 7) is 6.84. The summed E-state index contributed by atoms with van der Waals surface area (Å²) in [4.78, 5) is 30.9. The maximum Gasteiger partial charge on any atom is 0.227 e. The molecule has 6 heteroatoms. The lowest BCUT2D eigenvalue weighted by Crippen LogP contribution is -2.53. The molecule has 2 heterocycles. The Kier molecular flexibility index (Phi) is 7.10. The molecule has 0 N–H and O–H groups in total. The Labute approximate surface area is 190 Å². The van der Waals surface area contributed by atoms with Gasteiger partial charge in [-0.15, -0.1) is 0 Å². The van der Waals surface area contributed by atoms with Gasteiger partial charge in [0.2, 0.25) is 11.8 Å². The van der Waals surface area contributed by atoms with Gasteiger partial charge in [0.15, 0.2) is 0 Å². The molecule has 6 nitrogen and oxygen atoms in total. The van der Waals surface area contributed by atoms with E-state index in [1.807, 2.05) is 28.0 Å². The second-order valence-electron chi connectivity index (χ2n) is 8.81. The molecule has 0 aromatic heterocycles. The third kappa shape index (κ3) is 5.13. The summed E-state index contributed by atoms with van der Waals surface area (Å²) in [6.07, 6.45) is 1.99. The summed E-state index contributed by atoms with van der Waals surface area (Å²) in [5.74, 6) is 1.26. The lowest BCUT2D eigenvalue weighted by atomic mass is 9.95. The minimum Gasteiger partial charge on any atom is -0.496 e. The quantitative estimate of drug-likeness (QED) is 0.723. The summed E-state index contributed by atoms with van der Waals surface area (Å²) in [7, 11) is 1.70. The van der Waals surface area contributed by atoms with Gasteiger partial charge in [-0.2, -0.15) is 0 Å². The number of carbonyl (C=O) groups excluding carboxylic acids is 2. The first kappa shape index (κ1) is 22.3. The molecule has 2 saturated heterocycles. The van der Waals surface area contributed by atoms with Crippen LogP contribution in [0.1, 0.15) is 25.3 Å². The van der Waals surface area contributed by atoms with E-state index in [4.69, 9.17) is 4.74 Å². The molecule has 1 unspecified atom stereocenters. The van der Waals surface area contributed by atoms with Gasteiger partial charge in [0, 0.05) is 51.8 Å². The van der Waals surface area contributed by atoms with Gasteiger partial charge in [-0.1, -0.05) is 36.4 Å². The van der Waals surface area contributed by atoms with E-state index in [0.717, 1.165) is 49.4 Å². The Balaban J connectivity index is 1.38. The molecule has 2 aromatic carbocycles. The van der Waals surface area contributed by atoms with Crippen molar-refractivity contribution in [1.29, 1.82) is 0 Å². The number of hydrogen-bond acceptors (Lipinski definition) is 4. The lowest BCUT2D eigenvalue weighted by molar-refractivity contribution is -0.142. The number of hydrogen-bond donors (Lipinski definition) is 0. The van der Waals surface area contributed by atoms with Crippen molar-refractivity contribution in [2.75, 3.05) is 46.4 Å². The maximum absolute atomic E-state index is 13.1. The number of amides is 2. The van der Waals surface area contributed by atoms with E-state index in [1.54, 1.807) is 14.0 Å². The largest absolute Gasteiger partial charge is 0.496 e. The summed E-state index contributed by atoms with van der Waals surface area (Å²) in [6, 6.07) is 16.7. The first-order chi connectivity index (χ1) is 15.5. The van der Waals surface area contributed by atoms with Crippen molar-refractivity contribution in [2.24, 2.45) is 5.92 Å². The zero-order chi connectivity index (χ0) is 22.5. The van der Waals surface area contributed by atoms with Crippen molar-refractivity contribution in [3.63, 3.8) is 0 Å². The van der Waals surface area contributed by atoms with Crippen molar-refractivity contribution >= 4 is 11.8 Å². The van der Waals surface area contributed by atoms with E-state index in [9.17, 15) is 9.59 Å². The number of benzene rings is 2. The van der Waals surface area contributed by atoms with Crippen LogP contribution in [0.3, 0.4) is 0 Å². The predicted octanol–water partition coefficient (Wildman–Crippen LogP) is 3.26. The minimum absolute atomic E-state index is 0.0463. The molecule has 2 aliphatic heterocycles. The van der Waals surface area contributed by atoms with Crippen LogP contribution < -0.4 is 4.74 Å². The van der Waals surface area contributed by atoms with Crippen LogP contribution in [0.25, 0.3) is 11.1 Å². The average molecular weight is 436 g/mol. The van der Waals surface area contributed by atoms with Crippen LogP contribution in [0.4, 0.5) is 0 Å². The summed E-state index contributed by atoms with van der Waals surface area (Å²) in [5.41, 5.74) is 3.48. The fourth-order valence-corrected chi connectivity index (χ4v) is 4.88. The Morgan fingerprint density at radius 2 is 1.72 bits per heavy atom. The molecule has 2 aromatic rings.